The average molecular weight is 310 g/mol. The molecule has 120 valence electrons. The number of rotatable bonds is 8. The molecule has 0 N–H and O–H groups in total. The molecule has 0 radical (unpaired) electrons. The number of unbranched alkanes of at least 4 members (excludes halogenated alkanes) is 1. The van der Waals surface area contributed by atoms with Crippen molar-refractivity contribution in [2.75, 3.05) is 7.11 Å². The van der Waals surface area contributed by atoms with Crippen LogP contribution in [0.2, 0.25) is 0 Å². The van der Waals surface area contributed by atoms with E-state index in [0.29, 0.717) is 11.1 Å². The van der Waals surface area contributed by atoms with Gasteiger partial charge in [-0.05, 0) is 18.4 Å². The van der Waals surface area contributed by atoms with Crippen LogP contribution in [-0.4, -0.2) is 24.8 Å². The first-order valence-corrected chi connectivity index (χ1v) is 7.93. The number of ketones is 2. The number of carbonyl (C=O) groups is 2. The maximum absolute atomic E-state index is 12.8. The monoisotopic (exact) mass is 310 g/mol. The molecule has 0 heterocycles. The summed E-state index contributed by atoms with van der Waals surface area (Å²) in [6.07, 6.45) is 1.79. The molecule has 3 heteroatoms. The highest BCUT2D eigenvalue weighted by Crippen LogP contribution is 2.17. The molecule has 2 aromatic rings. The van der Waals surface area contributed by atoms with E-state index in [9.17, 15) is 9.59 Å². The zero-order valence-corrected chi connectivity index (χ0v) is 13.6. The first-order chi connectivity index (χ1) is 11.2. The molecule has 0 saturated carbocycles. The van der Waals surface area contributed by atoms with Gasteiger partial charge in [0.05, 0.1) is 0 Å². The van der Waals surface area contributed by atoms with Gasteiger partial charge in [0.25, 0.3) is 0 Å². The fraction of sp³-hybridized carbons (Fsp3) is 0.300. The van der Waals surface area contributed by atoms with Crippen molar-refractivity contribution in [1.29, 1.82) is 0 Å². The van der Waals surface area contributed by atoms with Gasteiger partial charge < -0.3 is 4.74 Å². The lowest BCUT2D eigenvalue weighted by Gasteiger charge is -2.15. The van der Waals surface area contributed by atoms with Crippen LogP contribution in [0.4, 0.5) is 0 Å². The molecule has 1 unspecified atom stereocenters. The number of hydrogen-bond acceptors (Lipinski definition) is 3. The summed E-state index contributed by atoms with van der Waals surface area (Å²) in [5.41, 5.74) is 2.04. The third-order valence-electron chi connectivity index (χ3n) is 3.85. The van der Waals surface area contributed by atoms with Gasteiger partial charge in [-0.2, -0.15) is 0 Å². The fourth-order valence-corrected chi connectivity index (χ4v) is 2.57. The Balaban J connectivity index is 2.28. The van der Waals surface area contributed by atoms with Crippen LogP contribution in [0.25, 0.3) is 0 Å². The Labute approximate surface area is 137 Å². The van der Waals surface area contributed by atoms with Crippen molar-refractivity contribution in [2.24, 2.45) is 0 Å². The summed E-state index contributed by atoms with van der Waals surface area (Å²) >= 11 is 0. The summed E-state index contributed by atoms with van der Waals surface area (Å²) < 4.78 is 5.24. The van der Waals surface area contributed by atoms with E-state index < -0.39 is 6.10 Å². The second-order valence-corrected chi connectivity index (χ2v) is 5.47. The molecular weight excluding hydrogens is 288 g/mol. The van der Waals surface area contributed by atoms with Crippen molar-refractivity contribution in [3.05, 3.63) is 71.3 Å². The molecule has 2 rings (SSSR count). The maximum atomic E-state index is 12.8. The lowest BCUT2D eigenvalue weighted by Crippen LogP contribution is -2.32. The van der Waals surface area contributed by atoms with Crippen LogP contribution in [-0.2, 0) is 11.2 Å². The Morgan fingerprint density at radius 2 is 1.61 bits per heavy atom. The molecular formula is C20H22O3. The molecule has 0 fully saturated rings. The smallest absolute Gasteiger partial charge is 0.199 e. The second-order valence-electron chi connectivity index (χ2n) is 5.47. The van der Waals surface area contributed by atoms with Crippen LogP contribution in [0.1, 0.15) is 46.0 Å². The van der Waals surface area contributed by atoms with E-state index in [1.54, 1.807) is 30.3 Å². The second kappa shape index (κ2) is 8.39. The normalized spacial score (nSPS) is 11.9. The largest absolute Gasteiger partial charge is 0.365 e. The van der Waals surface area contributed by atoms with Crippen LogP contribution in [0.5, 0.6) is 0 Å². The number of ether oxygens (including phenoxy) is 1. The molecule has 0 saturated heterocycles. The van der Waals surface area contributed by atoms with E-state index in [4.69, 9.17) is 4.74 Å². The van der Waals surface area contributed by atoms with Crippen molar-refractivity contribution >= 4 is 11.6 Å². The molecule has 0 bridgehead atoms. The Kier molecular flexibility index (Phi) is 6.24. The first-order valence-electron chi connectivity index (χ1n) is 7.93. The lowest BCUT2D eigenvalue weighted by molar-refractivity contribution is 0.0513. The number of Topliss-reactive ketones (excluding diaryl/α,β-unsaturated/α-hetero) is 2. The number of benzene rings is 2. The summed E-state index contributed by atoms with van der Waals surface area (Å²) in [5, 5.41) is 0. The van der Waals surface area contributed by atoms with E-state index >= 15 is 0 Å². The van der Waals surface area contributed by atoms with Crippen molar-refractivity contribution in [3.8, 4) is 0 Å². The van der Waals surface area contributed by atoms with Gasteiger partial charge in [-0.1, -0.05) is 67.9 Å². The summed E-state index contributed by atoms with van der Waals surface area (Å²) in [7, 11) is 1.40. The van der Waals surface area contributed by atoms with Crippen molar-refractivity contribution in [3.63, 3.8) is 0 Å². The Hall–Kier alpha value is -2.26. The number of hydrogen-bond donors (Lipinski definition) is 0. The van der Waals surface area contributed by atoms with Gasteiger partial charge in [0.1, 0.15) is 0 Å². The van der Waals surface area contributed by atoms with Gasteiger partial charge in [0, 0.05) is 18.2 Å². The molecule has 0 aliphatic carbocycles. The SMILES string of the molecule is CCCCc1ccccc1C(=O)C(OC)C(=O)c1ccccc1. The van der Waals surface area contributed by atoms with Crippen molar-refractivity contribution in [1.82, 2.24) is 0 Å². The molecule has 23 heavy (non-hydrogen) atoms. The van der Waals surface area contributed by atoms with E-state index in [0.717, 1.165) is 24.8 Å². The highest BCUT2D eigenvalue weighted by molar-refractivity contribution is 6.19. The van der Waals surface area contributed by atoms with E-state index in [2.05, 4.69) is 6.92 Å². The van der Waals surface area contributed by atoms with Gasteiger partial charge in [0.15, 0.2) is 17.7 Å². The van der Waals surface area contributed by atoms with E-state index in [1.165, 1.54) is 7.11 Å². The predicted octanol–water partition coefficient (Wildman–Crippen LogP) is 4.11. The fourth-order valence-electron chi connectivity index (χ4n) is 2.57. The van der Waals surface area contributed by atoms with Crippen LogP contribution >= 0.6 is 0 Å². The first kappa shape index (κ1) is 17.1. The van der Waals surface area contributed by atoms with Gasteiger partial charge in [-0.25, -0.2) is 0 Å². The van der Waals surface area contributed by atoms with Gasteiger partial charge in [-0.3, -0.25) is 9.59 Å². The van der Waals surface area contributed by atoms with Crippen molar-refractivity contribution < 1.29 is 14.3 Å². The average Bonchev–Trinajstić information content (AvgIpc) is 2.61. The van der Waals surface area contributed by atoms with Gasteiger partial charge in [0.2, 0.25) is 0 Å². The minimum atomic E-state index is -1.10. The number of carbonyl (C=O) groups excluding carboxylic acids is 2. The van der Waals surface area contributed by atoms with E-state index in [-0.39, 0.29) is 11.6 Å². The van der Waals surface area contributed by atoms with Crippen LogP contribution in [0.15, 0.2) is 54.6 Å². The Bertz CT molecular complexity index is 662. The molecule has 2 aromatic carbocycles. The Morgan fingerprint density at radius 3 is 2.26 bits per heavy atom. The summed E-state index contributed by atoms with van der Waals surface area (Å²) in [6, 6.07) is 16.3. The number of methoxy groups -OCH3 is 1. The van der Waals surface area contributed by atoms with Gasteiger partial charge >= 0.3 is 0 Å². The molecule has 0 aliphatic rings. The van der Waals surface area contributed by atoms with E-state index in [1.807, 2.05) is 24.3 Å². The minimum absolute atomic E-state index is 0.270. The van der Waals surface area contributed by atoms with Crippen LogP contribution in [0.3, 0.4) is 0 Å². The third kappa shape index (κ3) is 4.14. The summed E-state index contributed by atoms with van der Waals surface area (Å²) in [5.74, 6) is -0.573. The molecule has 3 nitrogen and oxygen atoms in total. The van der Waals surface area contributed by atoms with Crippen molar-refractivity contribution in [2.45, 2.75) is 32.3 Å². The highest BCUT2D eigenvalue weighted by Gasteiger charge is 2.29. The minimum Gasteiger partial charge on any atom is -0.365 e. The molecule has 0 aliphatic heterocycles. The standard InChI is InChI=1S/C20H22O3/c1-3-4-10-15-11-8-9-14-17(15)19(22)20(23-2)18(21)16-12-6-5-7-13-16/h5-9,11-14,20H,3-4,10H2,1-2H3. The maximum Gasteiger partial charge on any atom is 0.199 e. The zero-order valence-electron chi connectivity index (χ0n) is 13.6. The number of aryl methyl sites for hydroxylation is 1. The summed E-state index contributed by atoms with van der Waals surface area (Å²) in [4.78, 5) is 25.4. The molecule has 0 aromatic heterocycles. The molecule has 0 spiro atoms. The summed E-state index contributed by atoms with van der Waals surface area (Å²) in [6.45, 7) is 2.11. The quantitative estimate of drug-likeness (QED) is 0.544. The lowest BCUT2D eigenvalue weighted by atomic mass is 9.93. The third-order valence-corrected chi connectivity index (χ3v) is 3.85. The van der Waals surface area contributed by atoms with Crippen LogP contribution in [0, 0.1) is 0 Å². The predicted molar refractivity (Wildman–Crippen MR) is 91.0 cm³/mol. The Morgan fingerprint density at radius 1 is 0.957 bits per heavy atom. The van der Waals surface area contributed by atoms with Gasteiger partial charge in [-0.15, -0.1) is 0 Å². The zero-order chi connectivity index (χ0) is 16.7. The molecule has 0 amide bonds. The van der Waals surface area contributed by atoms with Crippen LogP contribution < -0.4 is 0 Å². The molecule has 1 atom stereocenters. The highest BCUT2D eigenvalue weighted by atomic mass is 16.5. The topological polar surface area (TPSA) is 43.4 Å².